The number of aryl methyl sites for hydroxylation is 1. The number of ether oxygens (including phenoxy) is 1. The maximum atomic E-state index is 11.4. The number of primary amides is 1. The van der Waals surface area contributed by atoms with Crippen LogP contribution in [-0.4, -0.2) is 37.6 Å². The Morgan fingerprint density at radius 1 is 1.36 bits per heavy atom. The summed E-state index contributed by atoms with van der Waals surface area (Å²) in [5, 5.41) is 6.38. The van der Waals surface area contributed by atoms with E-state index < -0.39 is 5.41 Å². The zero-order valence-corrected chi connectivity index (χ0v) is 18.1. The van der Waals surface area contributed by atoms with Crippen molar-refractivity contribution >= 4 is 35.8 Å². The minimum atomic E-state index is -0.675. The Morgan fingerprint density at radius 2 is 2.04 bits per heavy atom. The number of nitrogens with two attached hydrogens (primary N) is 1. The Hall–Kier alpha value is -1.51. The van der Waals surface area contributed by atoms with Crippen LogP contribution in [0.5, 0.6) is 5.75 Å². The van der Waals surface area contributed by atoms with Gasteiger partial charge in [0.2, 0.25) is 5.91 Å². The van der Waals surface area contributed by atoms with Crippen molar-refractivity contribution in [3.8, 4) is 5.75 Å². The third kappa shape index (κ3) is 8.94. The van der Waals surface area contributed by atoms with E-state index in [0.717, 1.165) is 17.9 Å². The molecule has 0 saturated carbocycles. The average molecular weight is 462 g/mol. The Kier molecular flexibility index (Phi) is 10.5. The number of hydrogen-bond acceptors (Lipinski definition) is 3. The first-order chi connectivity index (χ1) is 11.2. The van der Waals surface area contributed by atoms with Gasteiger partial charge in [0.05, 0.1) is 18.5 Å². The van der Waals surface area contributed by atoms with E-state index in [9.17, 15) is 4.79 Å². The summed E-state index contributed by atoms with van der Waals surface area (Å²) in [4.78, 5) is 15.8. The Morgan fingerprint density at radius 3 is 2.60 bits per heavy atom. The Labute approximate surface area is 168 Å². The zero-order valence-electron chi connectivity index (χ0n) is 15.8. The minimum Gasteiger partial charge on any atom is -0.489 e. The number of carbonyl (C=O) groups excluding carboxylic acids is 1. The second-order valence-corrected chi connectivity index (χ2v) is 6.57. The first-order valence-electron chi connectivity index (χ1n) is 8.30. The average Bonchev–Trinajstić information content (AvgIpc) is 2.50. The van der Waals surface area contributed by atoms with Crippen molar-refractivity contribution in [2.75, 3.05) is 19.6 Å². The second kappa shape index (κ2) is 11.2. The number of halogens is 1. The van der Waals surface area contributed by atoms with Crippen molar-refractivity contribution in [1.82, 2.24) is 10.6 Å². The number of amides is 1. The first-order valence-corrected chi connectivity index (χ1v) is 8.30. The van der Waals surface area contributed by atoms with Crippen molar-refractivity contribution in [3.63, 3.8) is 0 Å². The molecule has 25 heavy (non-hydrogen) atoms. The first kappa shape index (κ1) is 23.5. The summed E-state index contributed by atoms with van der Waals surface area (Å²) in [6, 6.07) is 7.96. The molecule has 1 aromatic rings. The highest BCUT2D eigenvalue weighted by molar-refractivity contribution is 14.0. The molecule has 0 aliphatic rings. The van der Waals surface area contributed by atoms with Gasteiger partial charge in [0.1, 0.15) is 11.9 Å². The predicted molar refractivity (Wildman–Crippen MR) is 114 cm³/mol. The van der Waals surface area contributed by atoms with Crippen LogP contribution >= 0.6 is 24.0 Å². The van der Waals surface area contributed by atoms with Gasteiger partial charge in [-0.2, -0.15) is 0 Å². The Balaban J connectivity index is 0.00000576. The number of hydrogen-bond donors (Lipinski definition) is 3. The molecule has 0 saturated heterocycles. The van der Waals surface area contributed by atoms with Crippen molar-refractivity contribution < 1.29 is 9.53 Å². The summed E-state index contributed by atoms with van der Waals surface area (Å²) >= 11 is 0. The molecular formula is C18H31IN4O2. The van der Waals surface area contributed by atoms with Gasteiger partial charge >= 0.3 is 0 Å². The van der Waals surface area contributed by atoms with E-state index in [2.05, 4.69) is 15.6 Å². The van der Waals surface area contributed by atoms with Gasteiger partial charge in [-0.3, -0.25) is 9.79 Å². The third-order valence-corrected chi connectivity index (χ3v) is 3.53. The van der Waals surface area contributed by atoms with Gasteiger partial charge in [-0.25, -0.2) is 0 Å². The van der Waals surface area contributed by atoms with Crippen LogP contribution < -0.4 is 21.1 Å². The minimum absolute atomic E-state index is 0. The summed E-state index contributed by atoms with van der Waals surface area (Å²) in [6.45, 7) is 11.2. The molecule has 1 aromatic carbocycles. The molecule has 7 heteroatoms. The molecular weight excluding hydrogens is 431 g/mol. The van der Waals surface area contributed by atoms with Crippen LogP contribution in [0.15, 0.2) is 29.3 Å². The fraction of sp³-hybridized carbons (Fsp3) is 0.556. The van der Waals surface area contributed by atoms with E-state index in [-0.39, 0.29) is 36.0 Å². The second-order valence-electron chi connectivity index (χ2n) is 6.57. The number of carbonyl (C=O) groups is 1. The van der Waals surface area contributed by atoms with Crippen LogP contribution in [-0.2, 0) is 4.79 Å². The van der Waals surface area contributed by atoms with Crippen LogP contribution in [0.3, 0.4) is 0 Å². The van der Waals surface area contributed by atoms with E-state index in [1.165, 1.54) is 0 Å². The molecule has 4 N–H and O–H groups in total. The molecule has 142 valence electrons. The van der Waals surface area contributed by atoms with Gasteiger partial charge in [-0.1, -0.05) is 12.1 Å². The molecule has 1 rings (SSSR count). The maximum Gasteiger partial charge on any atom is 0.224 e. The normalized spacial score (nSPS) is 12.8. The summed E-state index contributed by atoms with van der Waals surface area (Å²) in [5.74, 6) is 1.13. The lowest BCUT2D eigenvalue weighted by Crippen LogP contribution is -2.43. The third-order valence-electron chi connectivity index (χ3n) is 3.53. The van der Waals surface area contributed by atoms with E-state index >= 15 is 0 Å². The van der Waals surface area contributed by atoms with Crippen LogP contribution in [0.4, 0.5) is 0 Å². The quantitative estimate of drug-likeness (QED) is 0.315. The van der Waals surface area contributed by atoms with Gasteiger partial charge in [0, 0.05) is 6.54 Å². The van der Waals surface area contributed by atoms with Gasteiger partial charge in [-0.15, -0.1) is 24.0 Å². The van der Waals surface area contributed by atoms with Gasteiger partial charge < -0.3 is 21.1 Å². The summed E-state index contributed by atoms with van der Waals surface area (Å²) in [6.07, 6.45) is -0.0280. The van der Waals surface area contributed by atoms with Gasteiger partial charge in [0.15, 0.2) is 5.96 Å². The lowest BCUT2D eigenvalue weighted by molar-refractivity contribution is -0.125. The monoisotopic (exact) mass is 462 g/mol. The topological polar surface area (TPSA) is 88.7 Å². The number of aliphatic imine (C=N–C) groups is 1. The number of nitrogens with one attached hydrogen (secondary N) is 2. The van der Waals surface area contributed by atoms with Gasteiger partial charge in [0.25, 0.3) is 0 Å². The SMILES string of the molecule is CCNC(=NCC(C)(C)C(N)=O)NCC(C)Oc1cccc(C)c1.I. The number of rotatable bonds is 8. The summed E-state index contributed by atoms with van der Waals surface area (Å²) < 4.78 is 5.89. The zero-order chi connectivity index (χ0) is 18.2. The smallest absolute Gasteiger partial charge is 0.224 e. The fourth-order valence-corrected chi connectivity index (χ4v) is 1.90. The highest BCUT2D eigenvalue weighted by Crippen LogP contribution is 2.15. The number of guanidine groups is 1. The highest BCUT2D eigenvalue weighted by atomic mass is 127. The lowest BCUT2D eigenvalue weighted by atomic mass is 9.93. The molecule has 0 radical (unpaired) electrons. The maximum absolute atomic E-state index is 11.4. The van der Waals surface area contributed by atoms with Crippen molar-refractivity contribution in [2.24, 2.45) is 16.1 Å². The standard InChI is InChI=1S/C18H30N4O2.HI/c1-6-20-17(22-12-18(4,5)16(19)23)21-11-14(3)24-15-9-7-8-13(2)10-15;/h7-10,14H,6,11-12H2,1-5H3,(H2,19,23)(H2,20,21,22);1H. The fourth-order valence-electron chi connectivity index (χ4n) is 1.90. The van der Waals surface area contributed by atoms with Crippen molar-refractivity contribution in [3.05, 3.63) is 29.8 Å². The van der Waals surface area contributed by atoms with E-state index in [1.807, 2.05) is 45.0 Å². The largest absolute Gasteiger partial charge is 0.489 e. The molecule has 1 atom stereocenters. The number of benzene rings is 1. The van der Waals surface area contributed by atoms with Crippen LogP contribution in [0.1, 0.15) is 33.3 Å². The highest BCUT2D eigenvalue weighted by Gasteiger charge is 2.24. The molecule has 0 bridgehead atoms. The van der Waals surface area contributed by atoms with Crippen molar-refractivity contribution in [1.29, 1.82) is 0 Å². The van der Waals surface area contributed by atoms with E-state index in [0.29, 0.717) is 19.0 Å². The number of nitrogens with zero attached hydrogens (tertiary/aromatic N) is 1. The molecule has 6 nitrogen and oxygen atoms in total. The van der Waals surface area contributed by atoms with Crippen LogP contribution in [0, 0.1) is 12.3 Å². The predicted octanol–water partition coefficient (Wildman–Crippen LogP) is 2.45. The molecule has 1 unspecified atom stereocenters. The van der Waals surface area contributed by atoms with Crippen LogP contribution in [0.25, 0.3) is 0 Å². The molecule has 0 heterocycles. The summed E-state index contributed by atoms with van der Waals surface area (Å²) in [7, 11) is 0. The lowest BCUT2D eigenvalue weighted by Gasteiger charge is -2.20. The summed E-state index contributed by atoms with van der Waals surface area (Å²) in [5.41, 5.74) is 5.87. The Bertz CT molecular complexity index is 576. The van der Waals surface area contributed by atoms with E-state index in [4.69, 9.17) is 10.5 Å². The molecule has 0 aromatic heterocycles. The molecule has 0 fully saturated rings. The molecule has 0 spiro atoms. The van der Waals surface area contributed by atoms with Crippen molar-refractivity contribution in [2.45, 2.75) is 40.7 Å². The molecule has 1 amide bonds. The van der Waals surface area contributed by atoms with E-state index in [1.54, 1.807) is 13.8 Å². The van der Waals surface area contributed by atoms with Gasteiger partial charge in [-0.05, 0) is 52.3 Å². The molecule has 0 aliphatic carbocycles. The van der Waals surface area contributed by atoms with Crippen LogP contribution in [0.2, 0.25) is 0 Å². The molecule has 0 aliphatic heterocycles.